The Kier molecular flexibility index (Phi) is 7.66. The number of carbonyl (C=O) groups is 1. The van der Waals surface area contributed by atoms with E-state index in [0.29, 0.717) is 5.92 Å². The van der Waals surface area contributed by atoms with Crippen LogP contribution >= 0.6 is 11.8 Å². The van der Waals surface area contributed by atoms with Gasteiger partial charge in [0.05, 0.1) is 12.1 Å². The van der Waals surface area contributed by atoms with Gasteiger partial charge in [0.25, 0.3) is 0 Å². The van der Waals surface area contributed by atoms with E-state index in [2.05, 4.69) is 10.6 Å². The Morgan fingerprint density at radius 3 is 2.39 bits per heavy atom. The third-order valence-electron chi connectivity index (χ3n) is 6.74. The standard InChI is InChI=1S/C20H36N2O5S/c1-10(2)13(18-16(24)15(23)17(25)20(27-18)28-3)22-19(26)14-12(9-21-14)8-7-11-5-4-6-11/h10-18,20-21,23-25H,4-9H2,1-3H3,(H,22,26)/t12-,13+,14-,15-,16+,17+,18+,20+/m0/s1. The van der Waals surface area contributed by atoms with Crippen LogP contribution in [0.15, 0.2) is 0 Å². The van der Waals surface area contributed by atoms with Crippen LogP contribution in [0.25, 0.3) is 0 Å². The normalized spacial score (nSPS) is 39.9. The van der Waals surface area contributed by atoms with E-state index < -0.39 is 35.9 Å². The minimum absolute atomic E-state index is 0.00190. The quantitative estimate of drug-likeness (QED) is 0.391. The maximum atomic E-state index is 12.9. The molecule has 0 bridgehead atoms. The number of aliphatic hydroxyl groups is 3. The van der Waals surface area contributed by atoms with E-state index in [4.69, 9.17) is 4.74 Å². The Morgan fingerprint density at radius 1 is 1.18 bits per heavy atom. The number of thioether (sulfide) groups is 1. The summed E-state index contributed by atoms with van der Waals surface area (Å²) in [6.07, 6.45) is 3.57. The number of carbonyl (C=O) groups excluding carboxylic acids is 1. The molecular weight excluding hydrogens is 380 g/mol. The maximum absolute atomic E-state index is 12.9. The fourth-order valence-electron chi connectivity index (χ4n) is 4.46. The van der Waals surface area contributed by atoms with Gasteiger partial charge in [0.1, 0.15) is 29.9 Å². The fraction of sp³-hybridized carbons (Fsp3) is 0.950. The van der Waals surface area contributed by atoms with Crippen LogP contribution < -0.4 is 10.6 Å². The highest BCUT2D eigenvalue weighted by atomic mass is 32.2. The topological polar surface area (TPSA) is 111 Å². The second-order valence-corrected chi connectivity index (χ2v) is 9.91. The lowest BCUT2D eigenvalue weighted by molar-refractivity contribution is -0.208. The molecule has 0 radical (unpaired) electrons. The Bertz CT molecular complexity index is 531. The van der Waals surface area contributed by atoms with E-state index in [1.54, 1.807) is 6.26 Å². The molecule has 7 nitrogen and oxygen atoms in total. The summed E-state index contributed by atoms with van der Waals surface area (Å²) in [4.78, 5) is 12.9. The van der Waals surface area contributed by atoms with Gasteiger partial charge >= 0.3 is 0 Å². The number of ether oxygens (including phenoxy) is 1. The first-order chi connectivity index (χ1) is 13.3. The molecule has 3 fully saturated rings. The lowest BCUT2D eigenvalue weighted by Crippen LogP contribution is -2.67. The molecule has 5 N–H and O–H groups in total. The Balaban J connectivity index is 1.59. The monoisotopic (exact) mass is 416 g/mol. The van der Waals surface area contributed by atoms with Crippen LogP contribution in [-0.4, -0.2) is 76.0 Å². The molecule has 2 aliphatic heterocycles. The average molecular weight is 417 g/mol. The van der Waals surface area contributed by atoms with E-state index in [-0.39, 0.29) is 17.9 Å². The van der Waals surface area contributed by atoms with Gasteiger partial charge in [0, 0.05) is 6.54 Å². The second-order valence-electron chi connectivity index (χ2n) is 8.98. The molecule has 3 aliphatic rings. The number of hydrogen-bond donors (Lipinski definition) is 5. The zero-order valence-electron chi connectivity index (χ0n) is 17.1. The predicted molar refractivity (Wildman–Crippen MR) is 109 cm³/mol. The fourth-order valence-corrected chi connectivity index (χ4v) is 5.14. The predicted octanol–water partition coefficient (Wildman–Crippen LogP) is 0.466. The molecule has 3 rings (SSSR count). The Labute approximate surface area is 172 Å². The number of hydrogen-bond acceptors (Lipinski definition) is 7. The van der Waals surface area contributed by atoms with E-state index in [1.807, 2.05) is 13.8 Å². The zero-order valence-corrected chi connectivity index (χ0v) is 17.9. The van der Waals surface area contributed by atoms with Gasteiger partial charge in [-0.1, -0.05) is 39.5 Å². The van der Waals surface area contributed by atoms with Gasteiger partial charge in [-0.25, -0.2) is 0 Å². The Morgan fingerprint density at radius 2 is 1.89 bits per heavy atom. The number of nitrogens with one attached hydrogen (secondary N) is 2. The SMILES string of the molecule is CS[C@H]1O[C@H]([C@H](NC(=O)[C@H]2NC[C@@H]2CCC2CCC2)C(C)C)[C@H](O)[C@H](O)[C@H]1O. The van der Waals surface area contributed by atoms with Crippen LogP contribution in [0.5, 0.6) is 0 Å². The minimum atomic E-state index is -1.30. The first-order valence-electron chi connectivity index (χ1n) is 10.6. The molecule has 2 saturated heterocycles. The molecule has 0 spiro atoms. The summed E-state index contributed by atoms with van der Waals surface area (Å²) in [6.45, 7) is 4.78. The molecule has 0 aromatic carbocycles. The highest BCUT2D eigenvalue weighted by Gasteiger charge is 2.48. The van der Waals surface area contributed by atoms with Crippen molar-refractivity contribution >= 4 is 17.7 Å². The van der Waals surface area contributed by atoms with E-state index in [0.717, 1.165) is 18.9 Å². The summed E-state index contributed by atoms with van der Waals surface area (Å²) in [5.41, 5.74) is -0.640. The van der Waals surface area contributed by atoms with Gasteiger partial charge in [0.15, 0.2) is 0 Å². The van der Waals surface area contributed by atoms with Crippen molar-refractivity contribution in [3.63, 3.8) is 0 Å². The summed E-state index contributed by atoms with van der Waals surface area (Å²) in [6, 6.07) is -0.650. The van der Waals surface area contributed by atoms with Gasteiger partial charge in [0.2, 0.25) is 5.91 Å². The van der Waals surface area contributed by atoms with Crippen molar-refractivity contribution in [1.29, 1.82) is 0 Å². The van der Waals surface area contributed by atoms with Gasteiger partial charge in [-0.2, -0.15) is 0 Å². The molecule has 0 aromatic rings. The van der Waals surface area contributed by atoms with Crippen LogP contribution in [0, 0.1) is 17.8 Å². The molecule has 162 valence electrons. The molecule has 8 atom stereocenters. The van der Waals surface area contributed by atoms with Crippen LogP contribution in [-0.2, 0) is 9.53 Å². The lowest BCUT2D eigenvalue weighted by atomic mass is 9.77. The van der Waals surface area contributed by atoms with E-state index >= 15 is 0 Å². The molecule has 0 unspecified atom stereocenters. The zero-order chi connectivity index (χ0) is 20.4. The largest absolute Gasteiger partial charge is 0.388 e. The second kappa shape index (κ2) is 9.62. The van der Waals surface area contributed by atoms with Gasteiger partial charge in [-0.05, 0) is 30.4 Å². The first-order valence-corrected chi connectivity index (χ1v) is 11.9. The molecule has 28 heavy (non-hydrogen) atoms. The summed E-state index contributed by atoms with van der Waals surface area (Å²) < 4.78 is 5.88. The van der Waals surface area contributed by atoms with Gasteiger partial charge < -0.3 is 30.7 Å². The van der Waals surface area contributed by atoms with Crippen molar-refractivity contribution in [2.45, 2.75) is 87.9 Å². The van der Waals surface area contributed by atoms with Gasteiger partial charge in [-0.15, -0.1) is 11.8 Å². The molecule has 1 amide bonds. The third-order valence-corrected chi connectivity index (χ3v) is 7.60. The summed E-state index contributed by atoms with van der Waals surface area (Å²) in [7, 11) is 0. The lowest BCUT2D eigenvalue weighted by Gasteiger charge is -2.45. The molecule has 1 aliphatic carbocycles. The highest BCUT2D eigenvalue weighted by molar-refractivity contribution is 7.99. The van der Waals surface area contributed by atoms with Crippen LogP contribution in [0.2, 0.25) is 0 Å². The minimum Gasteiger partial charge on any atom is -0.388 e. The van der Waals surface area contributed by atoms with Gasteiger partial charge in [-0.3, -0.25) is 4.79 Å². The number of aliphatic hydroxyl groups excluding tert-OH is 3. The number of rotatable bonds is 8. The van der Waals surface area contributed by atoms with Crippen molar-refractivity contribution in [2.24, 2.45) is 17.8 Å². The first kappa shape index (κ1) is 22.3. The summed E-state index contributed by atoms with van der Waals surface area (Å²) >= 11 is 1.28. The molecular formula is C20H36N2O5S. The van der Waals surface area contributed by atoms with Crippen LogP contribution in [0.4, 0.5) is 0 Å². The van der Waals surface area contributed by atoms with Crippen molar-refractivity contribution in [2.75, 3.05) is 12.8 Å². The molecule has 1 saturated carbocycles. The van der Waals surface area contributed by atoms with E-state index in [9.17, 15) is 20.1 Å². The molecule has 2 heterocycles. The maximum Gasteiger partial charge on any atom is 0.237 e. The van der Waals surface area contributed by atoms with Crippen molar-refractivity contribution in [3.05, 3.63) is 0 Å². The third kappa shape index (κ3) is 4.68. The summed E-state index contributed by atoms with van der Waals surface area (Å²) in [5.74, 6) is 1.13. The average Bonchev–Trinajstić information content (AvgIpc) is 2.59. The van der Waals surface area contributed by atoms with Crippen molar-refractivity contribution in [3.8, 4) is 0 Å². The Hall–Kier alpha value is -0.380. The molecule has 8 heteroatoms. The van der Waals surface area contributed by atoms with Crippen LogP contribution in [0.3, 0.4) is 0 Å². The number of amides is 1. The molecule has 0 aromatic heterocycles. The highest BCUT2D eigenvalue weighted by Crippen LogP contribution is 2.34. The van der Waals surface area contributed by atoms with E-state index in [1.165, 1.54) is 37.4 Å². The van der Waals surface area contributed by atoms with Crippen LogP contribution in [0.1, 0.15) is 46.0 Å². The smallest absolute Gasteiger partial charge is 0.237 e. The van der Waals surface area contributed by atoms with Crippen molar-refractivity contribution < 1.29 is 24.9 Å². The van der Waals surface area contributed by atoms with Crippen molar-refractivity contribution in [1.82, 2.24) is 10.6 Å². The summed E-state index contributed by atoms with van der Waals surface area (Å²) in [5, 5.41) is 37.1.